The molecule has 1 heterocycles. The highest BCUT2D eigenvalue weighted by atomic mass is 32.2. The quantitative estimate of drug-likeness (QED) is 0.819. The number of fused-ring (bicyclic) bond motifs is 2. The summed E-state index contributed by atoms with van der Waals surface area (Å²) in [6, 6.07) is 15.4. The second kappa shape index (κ2) is 5.14. The van der Waals surface area contributed by atoms with Gasteiger partial charge in [-0.2, -0.15) is 0 Å². The molecule has 1 aliphatic rings. The Hall–Kier alpha value is -2.47. The Kier molecular flexibility index (Phi) is 3.31. The van der Waals surface area contributed by atoms with Gasteiger partial charge in [0.1, 0.15) is 0 Å². The molecule has 21 heavy (non-hydrogen) atoms. The van der Waals surface area contributed by atoms with E-state index in [-0.39, 0.29) is 0 Å². The van der Waals surface area contributed by atoms with Gasteiger partial charge < -0.3 is 5.73 Å². The molecule has 0 spiro atoms. The third-order valence-corrected chi connectivity index (χ3v) is 4.34. The molecule has 106 valence electrons. The van der Waals surface area contributed by atoms with Crippen LogP contribution in [0.15, 0.2) is 58.3 Å². The molecular formula is C15H13N3O2S. The summed E-state index contributed by atoms with van der Waals surface area (Å²) < 4.78 is 0. The normalized spacial score (nSPS) is 12.3. The van der Waals surface area contributed by atoms with E-state index in [9.17, 15) is 9.59 Å². The predicted molar refractivity (Wildman–Crippen MR) is 81.1 cm³/mol. The van der Waals surface area contributed by atoms with Gasteiger partial charge in [0, 0.05) is 16.8 Å². The van der Waals surface area contributed by atoms with Gasteiger partial charge in [0.05, 0.1) is 11.4 Å². The first-order chi connectivity index (χ1) is 10.1. The highest BCUT2D eigenvalue weighted by Crippen LogP contribution is 2.48. The number of anilines is 2. The monoisotopic (exact) mass is 299 g/mol. The molecule has 0 unspecified atom stereocenters. The maximum absolute atomic E-state index is 12.0. The van der Waals surface area contributed by atoms with Crippen LogP contribution in [-0.4, -0.2) is 23.9 Å². The highest BCUT2D eigenvalue weighted by Gasteiger charge is 2.30. The van der Waals surface area contributed by atoms with Crippen LogP contribution in [0, 0.1) is 0 Å². The second-order valence-corrected chi connectivity index (χ2v) is 5.63. The van der Waals surface area contributed by atoms with E-state index >= 15 is 0 Å². The summed E-state index contributed by atoms with van der Waals surface area (Å²) in [5.74, 6) is -1.74. The van der Waals surface area contributed by atoms with Gasteiger partial charge in [0.2, 0.25) is 0 Å². The van der Waals surface area contributed by atoms with Crippen molar-refractivity contribution < 1.29 is 9.59 Å². The largest absolute Gasteiger partial charge is 0.361 e. The predicted octanol–water partition coefficient (Wildman–Crippen LogP) is 2.15. The van der Waals surface area contributed by atoms with Crippen LogP contribution in [0.25, 0.3) is 0 Å². The Morgan fingerprint density at radius 2 is 1.48 bits per heavy atom. The molecule has 0 saturated heterocycles. The number of hydrogen-bond donors (Lipinski definition) is 1. The minimum atomic E-state index is -0.981. The van der Waals surface area contributed by atoms with Gasteiger partial charge in [-0.3, -0.25) is 9.59 Å². The van der Waals surface area contributed by atoms with Crippen molar-refractivity contribution in [3.63, 3.8) is 0 Å². The summed E-state index contributed by atoms with van der Waals surface area (Å²) >= 11 is 1.63. The van der Waals surface area contributed by atoms with Crippen molar-refractivity contribution in [2.45, 2.75) is 9.79 Å². The zero-order chi connectivity index (χ0) is 15.0. The van der Waals surface area contributed by atoms with Crippen molar-refractivity contribution in [1.29, 1.82) is 0 Å². The first kappa shape index (κ1) is 13.5. The molecule has 1 aliphatic heterocycles. The van der Waals surface area contributed by atoms with Crippen LogP contribution in [-0.2, 0) is 9.59 Å². The Bertz CT molecular complexity index is 687. The van der Waals surface area contributed by atoms with Crippen molar-refractivity contribution in [3.8, 4) is 0 Å². The molecule has 6 heteroatoms. The minimum Gasteiger partial charge on any atom is -0.361 e. The van der Waals surface area contributed by atoms with Gasteiger partial charge >= 0.3 is 11.8 Å². The Balaban J connectivity index is 2.15. The van der Waals surface area contributed by atoms with Gasteiger partial charge in [-0.15, -0.1) is 0 Å². The number of likely N-dealkylation sites (N-methyl/N-ethyl adjacent to an activating group) is 1. The summed E-state index contributed by atoms with van der Waals surface area (Å²) in [5.41, 5.74) is 6.81. The standard InChI is InChI=1S/C15H13N3O2S/c1-17(15(20)14(16)19)18-10-6-2-4-8-12(10)21-13-9-5-3-7-11(13)18/h2-9H,1H3,(H2,16,19). The molecule has 0 saturated carbocycles. The zero-order valence-electron chi connectivity index (χ0n) is 11.3. The number of carbonyl (C=O) groups is 2. The Morgan fingerprint density at radius 3 is 1.95 bits per heavy atom. The third-order valence-electron chi connectivity index (χ3n) is 3.21. The number of rotatable bonds is 1. The van der Waals surface area contributed by atoms with E-state index in [2.05, 4.69) is 0 Å². The lowest BCUT2D eigenvalue weighted by molar-refractivity contribution is -0.143. The Morgan fingerprint density at radius 1 is 1.00 bits per heavy atom. The number of primary amides is 1. The second-order valence-electron chi connectivity index (χ2n) is 4.54. The zero-order valence-corrected chi connectivity index (χ0v) is 12.1. The molecule has 2 aromatic carbocycles. The van der Waals surface area contributed by atoms with E-state index in [1.807, 2.05) is 48.5 Å². The van der Waals surface area contributed by atoms with Crippen molar-refractivity contribution in [2.24, 2.45) is 5.73 Å². The molecule has 0 fully saturated rings. The summed E-state index contributed by atoms with van der Waals surface area (Å²) in [7, 11) is 1.54. The number of hydrazine groups is 1. The average molecular weight is 299 g/mol. The van der Waals surface area contributed by atoms with E-state index in [0.717, 1.165) is 21.2 Å². The van der Waals surface area contributed by atoms with E-state index in [1.54, 1.807) is 16.8 Å². The molecule has 2 aromatic rings. The first-order valence-corrected chi connectivity index (χ1v) is 7.14. The summed E-state index contributed by atoms with van der Waals surface area (Å²) in [6.07, 6.45) is 0. The van der Waals surface area contributed by atoms with Crippen LogP contribution in [0.1, 0.15) is 0 Å². The third kappa shape index (κ3) is 2.23. The summed E-state index contributed by atoms with van der Waals surface area (Å²) in [6.45, 7) is 0. The van der Waals surface area contributed by atoms with Gasteiger partial charge in [-0.05, 0) is 24.3 Å². The van der Waals surface area contributed by atoms with Crippen LogP contribution in [0.2, 0.25) is 0 Å². The van der Waals surface area contributed by atoms with Crippen LogP contribution < -0.4 is 10.7 Å². The molecule has 3 rings (SSSR count). The van der Waals surface area contributed by atoms with Crippen molar-refractivity contribution >= 4 is 35.0 Å². The number of amides is 2. The molecule has 0 bridgehead atoms. The lowest BCUT2D eigenvalue weighted by atomic mass is 10.2. The topological polar surface area (TPSA) is 66.6 Å². The van der Waals surface area contributed by atoms with Gasteiger partial charge in [-0.1, -0.05) is 36.0 Å². The lowest BCUT2D eigenvalue weighted by Gasteiger charge is -2.37. The highest BCUT2D eigenvalue weighted by molar-refractivity contribution is 7.99. The van der Waals surface area contributed by atoms with Crippen LogP contribution in [0.5, 0.6) is 0 Å². The van der Waals surface area contributed by atoms with Crippen molar-refractivity contribution in [3.05, 3.63) is 48.5 Å². The number of nitrogens with two attached hydrogens (primary N) is 1. The molecule has 2 N–H and O–H groups in total. The molecule has 5 nitrogen and oxygen atoms in total. The van der Waals surface area contributed by atoms with E-state index in [4.69, 9.17) is 5.73 Å². The maximum atomic E-state index is 12.0. The number of hydrogen-bond acceptors (Lipinski definition) is 4. The minimum absolute atomic E-state index is 0.758. The number of carbonyl (C=O) groups excluding carboxylic acids is 2. The number of para-hydroxylation sites is 2. The SMILES string of the molecule is CN(C(=O)C(N)=O)N1c2ccccc2Sc2ccccc21. The molecule has 2 amide bonds. The van der Waals surface area contributed by atoms with Crippen LogP contribution in [0.4, 0.5) is 11.4 Å². The van der Waals surface area contributed by atoms with E-state index < -0.39 is 11.8 Å². The number of nitrogens with zero attached hydrogens (tertiary/aromatic N) is 2. The molecule has 0 atom stereocenters. The van der Waals surface area contributed by atoms with Gasteiger partial charge in [-0.25, -0.2) is 10.0 Å². The van der Waals surface area contributed by atoms with Crippen LogP contribution >= 0.6 is 11.8 Å². The molecular weight excluding hydrogens is 286 g/mol. The van der Waals surface area contributed by atoms with E-state index in [0.29, 0.717) is 0 Å². The lowest BCUT2D eigenvalue weighted by Crippen LogP contribution is -2.47. The first-order valence-electron chi connectivity index (χ1n) is 6.33. The molecule has 0 aromatic heterocycles. The Labute approximate surface area is 126 Å². The van der Waals surface area contributed by atoms with Crippen molar-refractivity contribution in [2.75, 3.05) is 12.1 Å². The van der Waals surface area contributed by atoms with Crippen molar-refractivity contribution in [1.82, 2.24) is 5.01 Å². The maximum Gasteiger partial charge on any atom is 0.330 e. The molecule has 0 aliphatic carbocycles. The van der Waals surface area contributed by atoms with Gasteiger partial charge in [0.25, 0.3) is 0 Å². The fraction of sp³-hybridized carbons (Fsp3) is 0.0667. The summed E-state index contributed by atoms with van der Waals surface area (Å²) in [4.78, 5) is 25.2. The van der Waals surface area contributed by atoms with Crippen LogP contribution in [0.3, 0.4) is 0 Å². The fourth-order valence-electron chi connectivity index (χ4n) is 2.26. The molecule has 0 radical (unpaired) electrons. The number of benzene rings is 2. The summed E-state index contributed by atoms with van der Waals surface area (Å²) in [5, 5.41) is 2.97. The van der Waals surface area contributed by atoms with Gasteiger partial charge in [0.15, 0.2) is 0 Å². The smallest absolute Gasteiger partial charge is 0.330 e. The van der Waals surface area contributed by atoms with E-state index in [1.165, 1.54) is 12.1 Å². The fourth-order valence-corrected chi connectivity index (χ4v) is 3.31. The average Bonchev–Trinajstić information content (AvgIpc) is 2.51.